The number of phenolic OH excluding ortho intramolecular Hbond substituents is 8. The second-order valence-electron chi connectivity index (χ2n) is 29.7. The van der Waals surface area contributed by atoms with Crippen LogP contribution in [0.2, 0.25) is 30.2 Å². The topological polar surface area (TPSA) is 273 Å². The van der Waals surface area contributed by atoms with Crippen molar-refractivity contribution in [2.45, 2.75) is 152 Å². The third-order valence-corrected chi connectivity index (χ3v) is 46.9. The van der Waals surface area contributed by atoms with Crippen molar-refractivity contribution in [3.63, 3.8) is 0 Å². The Balaban J connectivity index is 0.000000211. The highest BCUT2D eigenvalue weighted by atomic mass is 35.8. The van der Waals surface area contributed by atoms with E-state index in [9.17, 15) is 40.9 Å². The molecule has 0 radical (unpaired) electrons. The largest absolute Gasteiger partial charge is 0.584 e. The lowest BCUT2D eigenvalue weighted by atomic mass is 10.3. The van der Waals surface area contributed by atoms with Gasteiger partial charge in [0.25, 0.3) is 0 Å². The molecule has 12 aromatic rings. The van der Waals surface area contributed by atoms with Crippen molar-refractivity contribution in [3.8, 4) is 46.0 Å². The summed E-state index contributed by atoms with van der Waals surface area (Å²) in [6, 6.07) is 94.5. The van der Waals surface area contributed by atoms with E-state index in [0.717, 1.165) is 95.9 Å². The normalized spacial score (nSPS) is 12.2. The molecule has 8 N–H and O–H groups in total. The van der Waals surface area contributed by atoms with Gasteiger partial charge in [-0.25, -0.2) is 28.4 Å². The molecule has 0 heterocycles. The van der Waals surface area contributed by atoms with E-state index >= 15 is 0 Å². The number of phenols is 8. The molecule has 736 valence electrons. The Hall–Kier alpha value is -6.17. The van der Waals surface area contributed by atoms with E-state index in [1.807, 2.05) is 121 Å². The van der Waals surface area contributed by atoms with Gasteiger partial charge in [-0.15, -0.1) is 66.5 Å². The number of hydrogen-bond donors (Lipinski definition) is 8. The van der Waals surface area contributed by atoms with E-state index < -0.39 is 38.4 Å². The van der Waals surface area contributed by atoms with Crippen LogP contribution in [-0.4, -0.2) is 171 Å². The summed E-state index contributed by atoms with van der Waals surface area (Å²) in [5, 5.41) is 76.7. The molecule has 0 aliphatic rings. The Labute approximate surface area is 862 Å². The van der Waals surface area contributed by atoms with Gasteiger partial charge in [0.05, 0.1) is 74.3 Å². The zero-order valence-corrected chi connectivity index (χ0v) is 92.9. The zero-order chi connectivity index (χ0) is 99.1. The van der Waals surface area contributed by atoms with Gasteiger partial charge in [0.2, 0.25) is 0 Å². The van der Waals surface area contributed by atoms with Crippen LogP contribution in [-0.2, 0) is 109 Å². The summed E-state index contributed by atoms with van der Waals surface area (Å²) in [6.45, 7) is 6.37. The molecule has 12 rings (SSSR count). The van der Waals surface area contributed by atoms with Gasteiger partial charge in [-0.1, -0.05) is 59.9 Å². The Morgan fingerprint density at radius 3 is 0.547 bits per heavy atom. The third-order valence-electron chi connectivity index (χ3n) is 20.0. The van der Waals surface area contributed by atoms with Crippen LogP contribution < -0.4 is 0 Å². The fourth-order valence-electron chi connectivity index (χ4n) is 13.2. The lowest BCUT2D eigenvalue weighted by Crippen LogP contribution is -2.46. The maximum atomic E-state index is 9.72. The third kappa shape index (κ3) is 41.6. The maximum absolute atomic E-state index is 9.72. The van der Waals surface area contributed by atoms with Crippen LogP contribution in [0.3, 0.4) is 0 Å². The summed E-state index contributed by atoms with van der Waals surface area (Å²) in [5.41, 5.74) is 0. The smallest absolute Gasteiger partial charge is 0.508 e. The minimum Gasteiger partial charge on any atom is -0.508 e. The van der Waals surface area contributed by atoms with Gasteiger partial charge in [-0.05, 0) is 332 Å². The second kappa shape index (κ2) is 61.7. The molecule has 38 heteroatoms. The monoisotopic (exact) mass is 2200 g/mol. The molecule has 0 aliphatic carbocycles. The van der Waals surface area contributed by atoms with E-state index in [-0.39, 0.29) is 100 Å². The molecule has 0 amide bonds. The summed E-state index contributed by atoms with van der Waals surface area (Å²) in [5.74, 6) is 6.39. The van der Waals surface area contributed by atoms with Crippen LogP contribution in [0.25, 0.3) is 0 Å². The predicted molar refractivity (Wildman–Crippen MR) is 574 cm³/mol. The van der Waals surface area contributed by atoms with Crippen molar-refractivity contribution in [2.75, 3.05) is 91.2 Å². The molecule has 0 fully saturated rings. The Morgan fingerprint density at radius 1 is 0.219 bits per heavy atom. The molecule has 0 saturated heterocycles. The average molecular weight is 2210 g/mol. The highest BCUT2D eigenvalue weighted by molar-refractivity contribution is 8.00. The molecule has 0 spiro atoms. The highest BCUT2D eigenvalue weighted by Gasteiger charge is 2.48. The number of aromatic hydroxyl groups is 8. The Kier molecular flexibility index (Phi) is 52.3. The van der Waals surface area contributed by atoms with Crippen LogP contribution >= 0.6 is 90.0 Å². The molecule has 12 aromatic carbocycles. The van der Waals surface area contributed by atoms with E-state index in [2.05, 4.69) is 84.9 Å². The van der Waals surface area contributed by atoms with E-state index in [4.69, 9.17) is 121 Å². The van der Waals surface area contributed by atoms with Crippen LogP contribution in [0.5, 0.6) is 46.0 Å². The van der Waals surface area contributed by atoms with Gasteiger partial charge in [0.1, 0.15) is 74.8 Å². The lowest BCUT2D eigenvalue weighted by molar-refractivity contribution is -0.360. The zero-order valence-electron chi connectivity index (χ0n) is 77.7. The van der Waals surface area contributed by atoms with Gasteiger partial charge < -0.3 is 67.4 Å². The molecule has 0 aliphatic heterocycles. The molecule has 0 saturated carbocycles. The minimum absolute atomic E-state index is 0.120. The van der Waals surface area contributed by atoms with Crippen molar-refractivity contribution < 1.29 is 95.8 Å². The molecule has 20 nitrogen and oxygen atoms in total. The van der Waals surface area contributed by atoms with E-state index in [1.54, 1.807) is 184 Å². The van der Waals surface area contributed by atoms with Crippen LogP contribution in [0.15, 0.2) is 372 Å². The molecule has 0 bridgehead atoms. The van der Waals surface area contributed by atoms with Crippen LogP contribution in [0.4, 0.5) is 0 Å². The summed E-state index contributed by atoms with van der Waals surface area (Å²) >= 11 is 39.6. The van der Waals surface area contributed by atoms with Gasteiger partial charge in [-0.3, -0.25) is 0 Å². The molecule has 0 aromatic heterocycles. The van der Waals surface area contributed by atoms with Gasteiger partial charge in [0, 0.05) is 80.4 Å². The van der Waals surface area contributed by atoms with Gasteiger partial charge >= 0.3 is 38.4 Å². The highest BCUT2D eigenvalue weighted by Crippen LogP contribution is 2.39. The summed E-state index contributed by atoms with van der Waals surface area (Å²) in [4.78, 5) is 31.9. The van der Waals surface area contributed by atoms with Crippen molar-refractivity contribution in [2.24, 2.45) is 0 Å². The standard InChI is InChI=1S/C24H28O4S2Si.C21H19Cl3OS2Si.C21H30O8SSi.C18H24O5SSi.C15H15Cl3O2SSi/c1-26-31(27-2,28-3)19-7-18-30(23-14-10-20(25)11-15-23)24-16-12-22(13-17-24)29-21-8-5-4-6-9-21;22-28(23,24)16-4-15-27(20-11-7-17(25)8-12-20)21-13-9-19(10-14-21)26-18-5-2-1-3-6-18;1-4-24-27-31(28-25-5-2,29-26-6-3)17-7-16-30(20-12-8-18(22)9-13-20)21-14-10-19(23)11-15-21;1-21-25(22-2,23-3)14-4-13-24(17-9-5-15(19)6-10-17)18-11-7-16(20)8-12-18;16-22(17,18)11-1-10-21(14-6-2-12(19)3-7-14)15-8-4-13(20)5-9-15/h4-6,8-17H,7,18-19H2,1-3H3;1-3,5-14H,4,15-16H2;8-15H,4-7,16-17H2,1-3H3,(H-,22,23);5-12H,4,13-14H2,1-3H3,(H-,19,20);2-9H,1,10-11H2,(H-,19,20)/p+5. The first-order valence-electron chi connectivity index (χ1n) is 43.8. The molecular formula is C99H121Cl6O20S7Si5+5. The number of halogens is 6. The number of rotatable bonds is 49. The predicted octanol–water partition coefficient (Wildman–Crippen LogP) is 26.4. The fourth-order valence-corrected chi connectivity index (χ4v) is 35.5. The molecule has 2 atom stereocenters. The van der Waals surface area contributed by atoms with Crippen LogP contribution in [0, 0.1) is 0 Å². The number of benzene rings is 12. The van der Waals surface area contributed by atoms with Crippen molar-refractivity contribution in [1.82, 2.24) is 0 Å². The minimum atomic E-state index is -3.39. The maximum Gasteiger partial charge on any atom is 0.584 e. The van der Waals surface area contributed by atoms with Crippen molar-refractivity contribution in [1.29, 1.82) is 0 Å². The average Bonchev–Trinajstić information content (AvgIpc) is 1.01. The lowest BCUT2D eigenvalue weighted by Gasteiger charge is -2.25. The van der Waals surface area contributed by atoms with E-state index in [0.29, 0.717) is 44.4 Å². The second-order valence-corrected chi connectivity index (χ2v) is 69.8. The summed E-state index contributed by atoms with van der Waals surface area (Å²) in [6.07, 6.45) is 4.17. The first-order valence-corrected chi connectivity index (χ1v) is 68.7. The van der Waals surface area contributed by atoms with Crippen LogP contribution in [0.1, 0.15) is 52.9 Å². The van der Waals surface area contributed by atoms with Gasteiger partial charge in [-0.2, -0.15) is 0 Å². The number of hydrogen-bond acceptors (Lipinski definition) is 22. The molecule has 137 heavy (non-hydrogen) atoms. The molecular weight excluding hydrogens is 2090 g/mol. The SMILES string of the molecule is CCOO[Si](CCC[S+](c1ccc(O)cc1)c1ccc(O)cc1)(OOCC)OOCC.CO[Si](CCC[S+](c1ccc(O)cc1)c1ccc(O)cc1)(OC)OC.CO[Si](CCC[S+](c1ccc(O)cc1)c1ccc(Sc2ccccc2)cc1)(OC)OC.Oc1ccc([S+](CCC[Si](Cl)(Cl)Cl)c2ccc(O)cc2)cc1.Oc1ccc([S+](CCC[Si](Cl)(Cl)Cl)c2ccc(Sc3ccccc3)cc2)cc1. The Bertz CT molecular complexity index is 5150. The van der Waals surface area contributed by atoms with Gasteiger partial charge in [0.15, 0.2) is 49.0 Å². The first kappa shape index (κ1) is 116. The quantitative estimate of drug-likeness (QED) is 0.00579. The summed E-state index contributed by atoms with van der Waals surface area (Å²) < 4.78 is 49.7. The Morgan fingerprint density at radius 2 is 0.380 bits per heavy atom. The fraction of sp³-hybridized carbons (Fsp3) is 0.273. The summed E-state index contributed by atoms with van der Waals surface area (Å²) in [7, 11) is 0.378. The van der Waals surface area contributed by atoms with E-state index in [1.165, 1.54) is 39.2 Å². The van der Waals surface area contributed by atoms with Crippen molar-refractivity contribution >= 4 is 183 Å². The first-order chi connectivity index (χ1) is 65.9. The molecule has 2 unspecified atom stereocenters. The van der Waals surface area contributed by atoms with Crippen molar-refractivity contribution in [3.05, 3.63) is 303 Å².